The largest absolute Gasteiger partial charge is 0.381 e. The number of anilines is 1. The van der Waals surface area contributed by atoms with Crippen LogP contribution in [0.2, 0.25) is 5.02 Å². The van der Waals surface area contributed by atoms with Gasteiger partial charge in [-0.25, -0.2) is 0 Å². The Kier molecular flexibility index (Phi) is 6.01. The van der Waals surface area contributed by atoms with Crippen LogP contribution in [0.1, 0.15) is 18.4 Å². The van der Waals surface area contributed by atoms with Crippen molar-refractivity contribution in [1.82, 2.24) is 9.78 Å². The molecule has 9 heteroatoms. The normalized spacial score (nSPS) is 15.4. The SMILES string of the molecule is O=c1c(Cl)c(NCC2(c3ccccc3)CCOCC2)cnn1-c1ccc([N+](=O)[O-])cc1. The van der Waals surface area contributed by atoms with Gasteiger partial charge in [0.1, 0.15) is 5.02 Å². The molecule has 160 valence electrons. The maximum Gasteiger partial charge on any atom is 0.292 e. The van der Waals surface area contributed by atoms with Gasteiger partial charge in [-0.3, -0.25) is 14.9 Å². The average molecular weight is 441 g/mol. The molecule has 3 aromatic rings. The predicted octanol–water partition coefficient (Wildman–Crippen LogP) is 3.95. The van der Waals surface area contributed by atoms with E-state index >= 15 is 0 Å². The number of aromatic nitrogens is 2. The van der Waals surface area contributed by atoms with E-state index in [1.165, 1.54) is 36.0 Å². The number of nitrogens with one attached hydrogen (secondary N) is 1. The summed E-state index contributed by atoms with van der Waals surface area (Å²) in [4.78, 5) is 23.1. The van der Waals surface area contributed by atoms with E-state index in [4.69, 9.17) is 16.3 Å². The third kappa shape index (κ3) is 4.30. The number of nitro groups is 1. The lowest BCUT2D eigenvalue weighted by Crippen LogP contribution is -2.40. The first-order chi connectivity index (χ1) is 15.0. The Morgan fingerprint density at radius 2 is 1.81 bits per heavy atom. The second kappa shape index (κ2) is 8.87. The van der Waals surface area contributed by atoms with E-state index in [0.717, 1.165) is 17.5 Å². The molecule has 0 unspecified atom stereocenters. The van der Waals surface area contributed by atoms with E-state index in [2.05, 4.69) is 22.5 Å². The Hall–Kier alpha value is -3.23. The molecule has 0 amide bonds. The first-order valence-corrected chi connectivity index (χ1v) is 10.3. The van der Waals surface area contributed by atoms with Crippen molar-refractivity contribution >= 4 is 23.0 Å². The third-order valence-electron chi connectivity index (χ3n) is 5.68. The zero-order chi connectivity index (χ0) is 21.8. The van der Waals surface area contributed by atoms with E-state index in [9.17, 15) is 14.9 Å². The van der Waals surface area contributed by atoms with Crippen molar-refractivity contribution in [2.24, 2.45) is 0 Å². The number of ether oxygens (including phenoxy) is 1. The number of halogens is 1. The summed E-state index contributed by atoms with van der Waals surface area (Å²) in [5.41, 5.74) is 1.37. The van der Waals surface area contributed by atoms with Crippen molar-refractivity contribution in [3.8, 4) is 5.69 Å². The highest BCUT2D eigenvalue weighted by Gasteiger charge is 2.34. The van der Waals surface area contributed by atoms with Crippen LogP contribution in [0.4, 0.5) is 11.4 Å². The zero-order valence-corrected chi connectivity index (χ0v) is 17.4. The van der Waals surface area contributed by atoms with E-state index in [-0.39, 0.29) is 16.1 Å². The minimum atomic E-state index is -0.501. The molecule has 0 atom stereocenters. The van der Waals surface area contributed by atoms with Crippen molar-refractivity contribution in [3.05, 3.63) is 91.8 Å². The summed E-state index contributed by atoms with van der Waals surface area (Å²) in [5.74, 6) is 0. The third-order valence-corrected chi connectivity index (χ3v) is 6.04. The van der Waals surface area contributed by atoms with Gasteiger partial charge >= 0.3 is 0 Å². The van der Waals surface area contributed by atoms with Crippen LogP contribution in [0, 0.1) is 10.1 Å². The molecule has 31 heavy (non-hydrogen) atoms. The number of hydrogen-bond acceptors (Lipinski definition) is 6. The Labute approximate surface area is 183 Å². The molecule has 1 aromatic heterocycles. The Morgan fingerprint density at radius 3 is 2.45 bits per heavy atom. The molecule has 0 saturated carbocycles. The zero-order valence-electron chi connectivity index (χ0n) is 16.7. The van der Waals surface area contributed by atoms with Crippen molar-refractivity contribution in [2.75, 3.05) is 25.1 Å². The smallest absolute Gasteiger partial charge is 0.292 e. The van der Waals surface area contributed by atoms with Crippen LogP contribution in [0.5, 0.6) is 0 Å². The predicted molar refractivity (Wildman–Crippen MR) is 118 cm³/mol. The number of nitrogens with zero attached hydrogens (tertiary/aromatic N) is 3. The molecule has 2 aromatic carbocycles. The second-order valence-corrected chi connectivity index (χ2v) is 7.85. The molecule has 0 radical (unpaired) electrons. The van der Waals surface area contributed by atoms with Gasteiger partial charge in [0.2, 0.25) is 0 Å². The molecule has 1 aliphatic rings. The lowest BCUT2D eigenvalue weighted by Gasteiger charge is -2.38. The van der Waals surface area contributed by atoms with E-state index in [1.807, 2.05) is 18.2 Å². The molecule has 1 aliphatic heterocycles. The van der Waals surface area contributed by atoms with Gasteiger partial charge in [0, 0.05) is 37.3 Å². The van der Waals surface area contributed by atoms with Gasteiger partial charge in [-0.15, -0.1) is 0 Å². The van der Waals surface area contributed by atoms with Crippen molar-refractivity contribution in [1.29, 1.82) is 0 Å². The van der Waals surface area contributed by atoms with Gasteiger partial charge in [0.05, 0.1) is 22.5 Å². The van der Waals surface area contributed by atoms with Gasteiger partial charge in [0.25, 0.3) is 11.2 Å². The Morgan fingerprint density at radius 1 is 1.13 bits per heavy atom. The van der Waals surface area contributed by atoms with E-state index in [1.54, 1.807) is 0 Å². The van der Waals surface area contributed by atoms with Crippen LogP contribution in [0.25, 0.3) is 5.69 Å². The molecule has 2 heterocycles. The van der Waals surface area contributed by atoms with Crippen LogP contribution in [-0.4, -0.2) is 34.5 Å². The molecular weight excluding hydrogens is 420 g/mol. The molecular formula is C22H21ClN4O4. The fourth-order valence-corrected chi connectivity index (χ4v) is 4.04. The van der Waals surface area contributed by atoms with Crippen LogP contribution in [-0.2, 0) is 10.2 Å². The summed E-state index contributed by atoms with van der Waals surface area (Å²) in [7, 11) is 0. The van der Waals surface area contributed by atoms with Gasteiger partial charge in [-0.05, 0) is 30.5 Å². The highest BCUT2D eigenvalue weighted by Crippen LogP contribution is 2.35. The number of nitro benzene ring substituents is 1. The summed E-state index contributed by atoms with van der Waals surface area (Å²) in [6, 6.07) is 15.8. The van der Waals surface area contributed by atoms with Crippen molar-refractivity contribution in [2.45, 2.75) is 18.3 Å². The first kappa shape index (κ1) is 21.0. The summed E-state index contributed by atoms with van der Waals surface area (Å²) < 4.78 is 6.69. The Balaban J connectivity index is 1.58. The summed E-state index contributed by atoms with van der Waals surface area (Å²) in [6.45, 7) is 1.93. The van der Waals surface area contributed by atoms with Crippen LogP contribution in [0.3, 0.4) is 0 Å². The van der Waals surface area contributed by atoms with Gasteiger partial charge in [0.15, 0.2) is 0 Å². The molecule has 1 N–H and O–H groups in total. The molecule has 0 aliphatic carbocycles. The summed E-state index contributed by atoms with van der Waals surface area (Å²) in [6.07, 6.45) is 3.22. The average Bonchev–Trinajstić information content (AvgIpc) is 2.81. The maximum atomic E-state index is 12.8. The van der Waals surface area contributed by atoms with Crippen LogP contribution < -0.4 is 10.9 Å². The highest BCUT2D eigenvalue weighted by molar-refractivity contribution is 6.32. The van der Waals surface area contributed by atoms with Crippen molar-refractivity contribution < 1.29 is 9.66 Å². The summed E-state index contributed by atoms with van der Waals surface area (Å²) in [5, 5.41) is 18.4. The monoisotopic (exact) mass is 440 g/mol. The second-order valence-electron chi connectivity index (χ2n) is 7.47. The molecule has 1 saturated heterocycles. The minimum Gasteiger partial charge on any atom is -0.381 e. The number of non-ortho nitro benzene ring substituents is 1. The van der Waals surface area contributed by atoms with E-state index in [0.29, 0.717) is 31.1 Å². The molecule has 4 rings (SSSR count). The fourth-order valence-electron chi connectivity index (χ4n) is 3.84. The number of benzene rings is 2. The number of rotatable bonds is 6. The van der Waals surface area contributed by atoms with E-state index < -0.39 is 10.5 Å². The minimum absolute atomic E-state index is 0.0172. The molecule has 0 spiro atoms. The van der Waals surface area contributed by atoms with Gasteiger partial charge < -0.3 is 10.1 Å². The number of hydrogen-bond donors (Lipinski definition) is 1. The standard InChI is InChI=1S/C22H21ClN4O4/c23-20-19(14-25-26(21(20)28)17-6-8-18(9-7-17)27(29)30)24-15-22(10-12-31-13-11-22)16-4-2-1-3-5-16/h1-9,14,24H,10-13,15H2. The lowest BCUT2D eigenvalue weighted by atomic mass is 9.74. The molecule has 1 fully saturated rings. The molecule has 0 bridgehead atoms. The quantitative estimate of drug-likeness (QED) is 0.460. The topological polar surface area (TPSA) is 99.3 Å². The molecule has 8 nitrogen and oxygen atoms in total. The van der Waals surface area contributed by atoms with Gasteiger partial charge in [-0.1, -0.05) is 41.9 Å². The van der Waals surface area contributed by atoms with Crippen molar-refractivity contribution in [3.63, 3.8) is 0 Å². The first-order valence-electron chi connectivity index (χ1n) is 9.90. The maximum absolute atomic E-state index is 12.8. The summed E-state index contributed by atoms with van der Waals surface area (Å²) >= 11 is 6.37. The Bertz CT molecular complexity index is 1130. The highest BCUT2D eigenvalue weighted by atomic mass is 35.5. The van der Waals surface area contributed by atoms with Crippen LogP contribution in [0.15, 0.2) is 65.6 Å². The lowest BCUT2D eigenvalue weighted by molar-refractivity contribution is -0.384. The fraction of sp³-hybridized carbons (Fsp3) is 0.273. The van der Waals surface area contributed by atoms with Gasteiger partial charge in [-0.2, -0.15) is 9.78 Å². The van der Waals surface area contributed by atoms with Crippen LogP contribution >= 0.6 is 11.6 Å².